The van der Waals surface area contributed by atoms with Crippen LogP contribution in [0.25, 0.3) is 21.9 Å². The smallest absolute Gasteiger partial charge is 0.257 e. The van der Waals surface area contributed by atoms with Crippen LogP contribution in [0.4, 0.5) is 11.6 Å². The molecule has 1 aliphatic heterocycles. The number of nitrogens with one attached hydrogen (secondary N) is 2. The summed E-state index contributed by atoms with van der Waals surface area (Å²) in [5, 5.41) is 12.7. The van der Waals surface area contributed by atoms with Crippen molar-refractivity contribution in [1.82, 2.24) is 27.8 Å². The Balaban J connectivity index is 1.33. The van der Waals surface area contributed by atoms with Gasteiger partial charge in [-0.25, -0.2) is 13.1 Å². The SMILES string of the molecule is CN(I)CCNc1cc(C(=O)Nc2cc3cc(-c4cnn(C)c4CN4CCOCC4)ccc3cn2)ccn1. The number of carbonyl (C=O) groups is 1. The molecular weight excluding hydrogens is 595 g/mol. The first-order chi connectivity index (χ1) is 18.5. The number of fused-ring (bicyclic) bond motifs is 1. The summed E-state index contributed by atoms with van der Waals surface area (Å²) in [7, 11) is 3.99. The Hall–Kier alpha value is -3.13. The zero-order valence-corrected chi connectivity index (χ0v) is 23.7. The number of halogens is 1. The number of anilines is 2. The van der Waals surface area contributed by atoms with Gasteiger partial charge in [-0.3, -0.25) is 14.4 Å². The van der Waals surface area contributed by atoms with Gasteiger partial charge in [-0.15, -0.1) is 0 Å². The molecule has 4 aromatic rings. The lowest BCUT2D eigenvalue weighted by Crippen LogP contribution is -2.36. The predicted molar refractivity (Wildman–Crippen MR) is 157 cm³/mol. The van der Waals surface area contributed by atoms with Crippen LogP contribution in [-0.2, 0) is 18.3 Å². The number of aromatic nitrogens is 4. The maximum Gasteiger partial charge on any atom is 0.257 e. The van der Waals surface area contributed by atoms with E-state index in [1.165, 1.54) is 5.69 Å². The number of hydrogen-bond acceptors (Lipinski definition) is 8. The van der Waals surface area contributed by atoms with E-state index in [1.54, 1.807) is 24.5 Å². The predicted octanol–water partition coefficient (Wildman–Crippen LogP) is 3.81. The third-order valence-corrected chi connectivity index (χ3v) is 7.04. The van der Waals surface area contributed by atoms with Crippen molar-refractivity contribution >= 4 is 51.2 Å². The minimum Gasteiger partial charge on any atom is -0.379 e. The first-order valence-corrected chi connectivity index (χ1v) is 13.5. The van der Waals surface area contributed by atoms with E-state index < -0.39 is 0 Å². The third kappa shape index (κ3) is 6.46. The summed E-state index contributed by atoms with van der Waals surface area (Å²) in [5.74, 6) is 0.929. The Labute approximate surface area is 235 Å². The molecule has 10 nitrogen and oxygen atoms in total. The number of carbonyl (C=O) groups excluding carboxylic acids is 1. The van der Waals surface area contributed by atoms with Gasteiger partial charge in [0.05, 0.1) is 25.1 Å². The van der Waals surface area contributed by atoms with Crippen LogP contribution >= 0.6 is 22.9 Å². The van der Waals surface area contributed by atoms with Crippen molar-refractivity contribution in [3.63, 3.8) is 0 Å². The van der Waals surface area contributed by atoms with Gasteiger partial charge in [-0.05, 0) is 42.3 Å². The molecule has 0 unspecified atom stereocenters. The van der Waals surface area contributed by atoms with Gasteiger partial charge in [0.1, 0.15) is 11.6 Å². The van der Waals surface area contributed by atoms with Gasteiger partial charge in [0.15, 0.2) is 0 Å². The Kier molecular flexibility index (Phi) is 8.47. The summed E-state index contributed by atoms with van der Waals surface area (Å²) in [6.45, 7) is 5.77. The molecule has 0 radical (unpaired) electrons. The van der Waals surface area contributed by atoms with Crippen LogP contribution < -0.4 is 10.6 Å². The average molecular weight is 627 g/mol. The fourth-order valence-corrected chi connectivity index (χ4v) is 4.68. The van der Waals surface area contributed by atoms with E-state index in [0.29, 0.717) is 17.2 Å². The summed E-state index contributed by atoms with van der Waals surface area (Å²) >= 11 is 2.23. The van der Waals surface area contributed by atoms with Crippen molar-refractivity contribution in [2.45, 2.75) is 6.54 Å². The zero-order valence-electron chi connectivity index (χ0n) is 21.5. The van der Waals surface area contributed by atoms with Gasteiger partial charge in [-0.2, -0.15) is 5.10 Å². The molecule has 2 N–H and O–H groups in total. The molecule has 38 heavy (non-hydrogen) atoms. The fourth-order valence-electron chi connectivity index (χ4n) is 4.43. The summed E-state index contributed by atoms with van der Waals surface area (Å²) < 4.78 is 9.50. The number of ether oxygens (including phenoxy) is 1. The molecule has 3 aromatic heterocycles. The van der Waals surface area contributed by atoms with Gasteiger partial charge in [0.25, 0.3) is 5.91 Å². The van der Waals surface area contributed by atoms with E-state index in [9.17, 15) is 4.79 Å². The van der Waals surface area contributed by atoms with E-state index in [1.807, 2.05) is 31.0 Å². The highest BCUT2D eigenvalue weighted by atomic mass is 127. The van der Waals surface area contributed by atoms with Crippen LogP contribution in [0.5, 0.6) is 0 Å². The molecule has 0 atom stereocenters. The Morgan fingerprint density at radius 1 is 1.08 bits per heavy atom. The molecule has 5 rings (SSSR count). The minimum atomic E-state index is -0.232. The number of pyridine rings is 2. The molecule has 11 heteroatoms. The second-order valence-corrected chi connectivity index (χ2v) is 10.9. The lowest BCUT2D eigenvalue weighted by molar-refractivity contribution is 0.0332. The Morgan fingerprint density at radius 3 is 2.74 bits per heavy atom. The van der Waals surface area contributed by atoms with Crippen LogP contribution in [0.3, 0.4) is 0 Å². The normalized spacial score (nSPS) is 14.2. The number of hydrogen-bond donors (Lipinski definition) is 2. The van der Waals surface area contributed by atoms with Crippen molar-refractivity contribution < 1.29 is 9.53 Å². The summed E-state index contributed by atoms with van der Waals surface area (Å²) in [5.41, 5.74) is 3.87. The molecule has 198 valence electrons. The molecule has 0 aliphatic carbocycles. The lowest BCUT2D eigenvalue weighted by Gasteiger charge is -2.27. The quantitative estimate of drug-likeness (QED) is 0.214. The largest absolute Gasteiger partial charge is 0.379 e. The number of nitrogens with zero attached hydrogens (tertiary/aromatic N) is 6. The minimum absolute atomic E-state index is 0.232. The van der Waals surface area contributed by atoms with Crippen LogP contribution in [0.2, 0.25) is 0 Å². The highest BCUT2D eigenvalue weighted by Gasteiger charge is 2.17. The van der Waals surface area contributed by atoms with Crippen LogP contribution in [0, 0.1) is 0 Å². The fraction of sp³-hybridized carbons (Fsp3) is 0.333. The van der Waals surface area contributed by atoms with Gasteiger partial charge < -0.3 is 15.4 Å². The number of benzene rings is 1. The number of morpholine rings is 1. The maximum atomic E-state index is 13.0. The lowest BCUT2D eigenvalue weighted by atomic mass is 10.0. The molecular formula is C27H31IN8O2. The molecule has 0 spiro atoms. The molecule has 1 amide bonds. The van der Waals surface area contributed by atoms with Gasteiger partial charge in [-0.1, -0.05) is 12.1 Å². The molecule has 4 heterocycles. The zero-order chi connectivity index (χ0) is 26.5. The standard InChI is InChI=1S/C27H31IN8O2/c1-34(28)8-7-30-25-14-20(5-6-29-25)27(37)33-26-15-22-13-19(3-4-21(22)16-31-26)23-17-32-35(2)24(23)18-36-9-11-38-12-10-36/h3-6,13-17H,7-12,18H2,1-2H3,(H,29,30)(H,31,33,37). The summed E-state index contributed by atoms with van der Waals surface area (Å²) in [6.07, 6.45) is 5.34. The molecule has 1 fully saturated rings. The molecule has 1 aromatic carbocycles. The van der Waals surface area contributed by atoms with Gasteiger partial charge >= 0.3 is 0 Å². The van der Waals surface area contributed by atoms with Crippen LogP contribution in [0.15, 0.2) is 55.0 Å². The summed E-state index contributed by atoms with van der Waals surface area (Å²) in [4.78, 5) is 24.1. The molecule has 0 saturated carbocycles. The Bertz CT molecular complexity index is 1420. The highest BCUT2D eigenvalue weighted by Crippen LogP contribution is 2.29. The number of likely N-dealkylation sites (N-methyl/N-ethyl adjacent to an activating group) is 1. The number of rotatable bonds is 9. The topological polar surface area (TPSA) is 100 Å². The number of aryl methyl sites for hydroxylation is 1. The second-order valence-electron chi connectivity index (χ2n) is 9.29. The van der Waals surface area contributed by atoms with E-state index >= 15 is 0 Å². The highest BCUT2D eigenvalue weighted by molar-refractivity contribution is 14.1. The molecule has 1 aliphatic rings. The Morgan fingerprint density at radius 2 is 1.92 bits per heavy atom. The third-order valence-electron chi connectivity index (χ3n) is 6.56. The van der Waals surface area contributed by atoms with Gasteiger partial charge in [0.2, 0.25) is 0 Å². The number of amides is 1. The first kappa shape index (κ1) is 26.5. The monoisotopic (exact) mass is 626 g/mol. The van der Waals surface area contributed by atoms with Crippen molar-refractivity contribution in [2.24, 2.45) is 7.05 Å². The summed E-state index contributed by atoms with van der Waals surface area (Å²) in [6, 6.07) is 11.6. The van der Waals surface area contributed by atoms with Crippen molar-refractivity contribution in [3.8, 4) is 11.1 Å². The van der Waals surface area contributed by atoms with Crippen molar-refractivity contribution in [1.29, 1.82) is 0 Å². The van der Waals surface area contributed by atoms with E-state index in [0.717, 1.165) is 67.8 Å². The van der Waals surface area contributed by atoms with E-state index in [2.05, 4.69) is 74.8 Å². The van der Waals surface area contributed by atoms with Crippen LogP contribution in [-0.4, -0.2) is 80.1 Å². The van der Waals surface area contributed by atoms with Crippen molar-refractivity contribution in [3.05, 3.63) is 66.2 Å². The van der Waals surface area contributed by atoms with E-state index in [4.69, 9.17) is 4.74 Å². The first-order valence-electron chi connectivity index (χ1n) is 12.6. The molecule has 1 saturated heterocycles. The van der Waals surface area contributed by atoms with E-state index in [-0.39, 0.29) is 5.91 Å². The maximum absolute atomic E-state index is 13.0. The second kappa shape index (κ2) is 12.2. The average Bonchev–Trinajstić information content (AvgIpc) is 3.28. The molecule has 0 bridgehead atoms. The van der Waals surface area contributed by atoms with Crippen molar-refractivity contribution in [2.75, 3.05) is 57.1 Å². The van der Waals surface area contributed by atoms with Crippen LogP contribution in [0.1, 0.15) is 16.1 Å². The van der Waals surface area contributed by atoms with Gasteiger partial charge in [0, 0.05) is 91.5 Å².